The molecular weight excluding hydrogens is 342 g/mol. The van der Waals surface area contributed by atoms with Crippen LogP contribution in [0.25, 0.3) is 11.0 Å². The van der Waals surface area contributed by atoms with Gasteiger partial charge in [-0.25, -0.2) is 4.98 Å². The summed E-state index contributed by atoms with van der Waals surface area (Å²) in [6.45, 7) is 5.45. The van der Waals surface area contributed by atoms with E-state index in [0.717, 1.165) is 40.4 Å². The van der Waals surface area contributed by atoms with Gasteiger partial charge in [-0.1, -0.05) is 26.0 Å². The quantitative estimate of drug-likeness (QED) is 0.767. The number of amides is 1. The Labute approximate surface area is 157 Å². The third kappa shape index (κ3) is 2.63. The van der Waals surface area contributed by atoms with Crippen molar-refractivity contribution in [1.82, 2.24) is 9.55 Å². The monoisotopic (exact) mass is 363 g/mol. The van der Waals surface area contributed by atoms with Gasteiger partial charge in [0.2, 0.25) is 12.7 Å². The normalized spacial score (nSPS) is 18.0. The molecule has 6 nitrogen and oxygen atoms in total. The summed E-state index contributed by atoms with van der Waals surface area (Å²) >= 11 is 0. The number of carbonyl (C=O) groups excluding carboxylic acids is 1. The fourth-order valence-corrected chi connectivity index (χ4v) is 4.00. The number of hydrogen-bond acceptors (Lipinski definition) is 4. The SMILES string of the molecule is CC(C)Cn1c([C@@H]2CC(=O)Nc3cc4c(cc32)OCO4)nc2ccccc21. The standard InChI is InChI=1S/C21H21N3O3/c1-12(2)10-24-17-6-4-3-5-15(17)23-21(24)14-8-20(25)22-16-9-19-18(7-13(14)16)26-11-27-19/h3-7,9,12,14H,8,10-11H2,1-2H3,(H,22,25)/t14-/m1/s1. The Kier molecular flexibility index (Phi) is 3.60. The lowest BCUT2D eigenvalue weighted by Gasteiger charge is -2.26. The molecule has 2 aliphatic rings. The van der Waals surface area contributed by atoms with Crippen LogP contribution in [-0.2, 0) is 11.3 Å². The second-order valence-corrected chi connectivity index (χ2v) is 7.56. The Morgan fingerprint density at radius 2 is 2.00 bits per heavy atom. The van der Waals surface area contributed by atoms with Gasteiger partial charge in [0.1, 0.15) is 5.82 Å². The number of rotatable bonds is 3. The predicted octanol–water partition coefficient (Wildman–Crippen LogP) is 3.90. The highest BCUT2D eigenvalue weighted by Crippen LogP contribution is 2.45. The topological polar surface area (TPSA) is 65.4 Å². The highest BCUT2D eigenvalue weighted by Gasteiger charge is 2.33. The van der Waals surface area contributed by atoms with E-state index in [1.165, 1.54) is 0 Å². The number of hydrogen-bond donors (Lipinski definition) is 1. The molecule has 3 aromatic rings. The number of benzene rings is 2. The molecule has 0 radical (unpaired) electrons. The lowest BCUT2D eigenvalue weighted by Crippen LogP contribution is -2.25. The maximum atomic E-state index is 12.4. The molecule has 1 atom stereocenters. The lowest BCUT2D eigenvalue weighted by atomic mass is 9.89. The zero-order valence-corrected chi connectivity index (χ0v) is 15.4. The molecule has 0 saturated carbocycles. The number of ether oxygens (including phenoxy) is 2. The molecule has 0 saturated heterocycles. The minimum Gasteiger partial charge on any atom is -0.454 e. The van der Waals surface area contributed by atoms with Crippen molar-refractivity contribution in [3.8, 4) is 11.5 Å². The molecule has 0 unspecified atom stereocenters. The third-order valence-corrected chi connectivity index (χ3v) is 5.13. The van der Waals surface area contributed by atoms with Gasteiger partial charge in [0.15, 0.2) is 11.5 Å². The maximum Gasteiger partial charge on any atom is 0.231 e. The molecule has 3 heterocycles. The smallest absolute Gasteiger partial charge is 0.231 e. The summed E-state index contributed by atoms with van der Waals surface area (Å²) in [5.41, 5.74) is 3.87. The molecule has 1 amide bonds. The van der Waals surface area contributed by atoms with Crippen molar-refractivity contribution in [3.63, 3.8) is 0 Å². The van der Waals surface area contributed by atoms with E-state index in [-0.39, 0.29) is 18.6 Å². The molecule has 2 aromatic carbocycles. The van der Waals surface area contributed by atoms with Crippen molar-refractivity contribution in [2.45, 2.75) is 32.7 Å². The summed E-state index contributed by atoms with van der Waals surface area (Å²) < 4.78 is 13.3. The minimum absolute atomic E-state index is 0.00508. The molecule has 27 heavy (non-hydrogen) atoms. The second-order valence-electron chi connectivity index (χ2n) is 7.56. The van der Waals surface area contributed by atoms with Crippen molar-refractivity contribution in [2.24, 2.45) is 5.92 Å². The molecule has 1 N–H and O–H groups in total. The van der Waals surface area contributed by atoms with Gasteiger partial charge in [-0.05, 0) is 29.7 Å². The molecule has 2 aliphatic heterocycles. The highest BCUT2D eigenvalue weighted by molar-refractivity contribution is 5.96. The number of fused-ring (bicyclic) bond motifs is 3. The summed E-state index contributed by atoms with van der Waals surface area (Å²) in [6.07, 6.45) is 0.369. The van der Waals surface area contributed by atoms with Crippen LogP contribution in [0.4, 0.5) is 5.69 Å². The van der Waals surface area contributed by atoms with E-state index in [4.69, 9.17) is 14.5 Å². The number of anilines is 1. The Balaban J connectivity index is 1.70. The number of nitrogens with zero attached hydrogens (tertiary/aromatic N) is 2. The first-order chi connectivity index (χ1) is 13.1. The number of nitrogens with one attached hydrogen (secondary N) is 1. The molecule has 1 aromatic heterocycles. The predicted molar refractivity (Wildman–Crippen MR) is 102 cm³/mol. The minimum atomic E-state index is -0.116. The van der Waals surface area contributed by atoms with Crippen LogP contribution >= 0.6 is 0 Å². The van der Waals surface area contributed by atoms with Gasteiger partial charge in [-0.3, -0.25) is 4.79 Å². The van der Waals surface area contributed by atoms with Gasteiger partial charge in [0.25, 0.3) is 0 Å². The number of aromatic nitrogens is 2. The van der Waals surface area contributed by atoms with Crippen LogP contribution in [0, 0.1) is 5.92 Å². The molecule has 0 aliphatic carbocycles. The van der Waals surface area contributed by atoms with E-state index in [2.05, 4.69) is 29.8 Å². The zero-order valence-electron chi connectivity index (χ0n) is 15.4. The molecule has 138 valence electrons. The first-order valence-corrected chi connectivity index (χ1v) is 9.28. The number of para-hydroxylation sites is 2. The molecule has 6 heteroatoms. The van der Waals surface area contributed by atoms with Crippen LogP contribution in [0.3, 0.4) is 0 Å². The van der Waals surface area contributed by atoms with Gasteiger partial charge in [0, 0.05) is 24.7 Å². The first-order valence-electron chi connectivity index (χ1n) is 9.28. The van der Waals surface area contributed by atoms with E-state index < -0.39 is 0 Å². The second kappa shape index (κ2) is 6.01. The highest BCUT2D eigenvalue weighted by atomic mass is 16.7. The van der Waals surface area contributed by atoms with Crippen molar-refractivity contribution in [3.05, 3.63) is 47.8 Å². The summed E-state index contributed by atoms with van der Waals surface area (Å²) in [4.78, 5) is 17.4. The Bertz CT molecular complexity index is 1050. The Morgan fingerprint density at radius 1 is 1.22 bits per heavy atom. The summed E-state index contributed by atoms with van der Waals surface area (Å²) in [5, 5.41) is 2.97. The van der Waals surface area contributed by atoms with Crippen LogP contribution < -0.4 is 14.8 Å². The largest absolute Gasteiger partial charge is 0.454 e. The average Bonchev–Trinajstić information content (AvgIpc) is 3.23. The number of carbonyl (C=O) groups is 1. The van der Waals surface area contributed by atoms with Gasteiger partial charge in [-0.2, -0.15) is 0 Å². The van der Waals surface area contributed by atoms with E-state index in [9.17, 15) is 4.79 Å². The van der Waals surface area contributed by atoms with Crippen LogP contribution in [-0.4, -0.2) is 22.3 Å². The first kappa shape index (κ1) is 16.2. The van der Waals surface area contributed by atoms with E-state index in [0.29, 0.717) is 18.1 Å². The van der Waals surface area contributed by atoms with Gasteiger partial charge in [0.05, 0.1) is 17.0 Å². The molecule has 0 bridgehead atoms. The van der Waals surface area contributed by atoms with Crippen LogP contribution in [0.1, 0.15) is 37.6 Å². The van der Waals surface area contributed by atoms with Crippen molar-refractivity contribution in [1.29, 1.82) is 0 Å². The summed E-state index contributed by atoms with van der Waals surface area (Å²) in [5.74, 6) is 2.67. The number of imidazole rings is 1. The van der Waals surface area contributed by atoms with E-state index in [1.54, 1.807) is 0 Å². The molecular formula is C21H21N3O3. The van der Waals surface area contributed by atoms with Crippen molar-refractivity contribution >= 4 is 22.6 Å². The van der Waals surface area contributed by atoms with Crippen molar-refractivity contribution < 1.29 is 14.3 Å². The Morgan fingerprint density at radius 3 is 2.81 bits per heavy atom. The molecule has 5 rings (SSSR count). The van der Waals surface area contributed by atoms with Gasteiger partial charge in [-0.15, -0.1) is 0 Å². The fraction of sp³-hybridized carbons (Fsp3) is 0.333. The van der Waals surface area contributed by atoms with Gasteiger partial charge >= 0.3 is 0 Å². The van der Waals surface area contributed by atoms with E-state index in [1.807, 2.05) is 30.3 Å². The van der Waals surface area contributed by atoms with Gasteiger partial charge < -0.3 is 19.4 Å². The Hall–Kier alpha value is -3.02. The molecule has 0 spiro atoms. The van der Waals surface area contributed by atoms with Crippen LogP contribution in [0.2, 0.25) is 0 Å². The fourth-order valence-electron chi connectivity index (χ4n) is 4.00. The lowest BCUT2D eigenvalue weighted by molar-refractivity contribution is -0.116. The summed E-state index contributed by atoms with van der Waals surface area (Å²) in [6, 6.07) is 12.0. The molecule has 0 fully saturated rings. The van der Waals surface area contributed by atoms with E-state index >= 15 is 0 Å². The van der Waals surface area contributed by atoms with Crippen LogP contribution in [0.5, 0.6) is 11.5 Å². The average molecular weight is 363 g/mol. The third-order valence-electron chi connectivity index (χ3n) is 5.13. The summed E-state index contributed by atoms with van der Waals surface area (Å²) in [7, 11) is 0. The van der Waals surface area contributed by atoms with Crippen molar-refractivity contribution in [2.75, 3.05) is 12.1 Å². The zero-order chi connectivity index (χ0) is 18.5. The maximum absolute atomic E-state index is 12.4. The van der Waals surface area contributed by atoms with Crippen LogP contribution in [0.15, 0.2) is 36.4 Å².